The Labute approximate surface area is 120 Å². The third kappa shape index (κ3) is 2.06. The molecule has 104 valence electrons. The zero-order chi connectivity index (χ0) is 14.1. The lowest BCUT2D eigenvalue weighted by Gasteiger charge is -2.05. The fourth-order valence-electron chi connectivity index (χ4n) is 2.23. The Bertz CT molecular complexity index is 638. The number of aromatic hydroxyl groups is 1. The van der Waals surface area contributed by atoms with Crippen molar-refractivity contribution < 1.29 is 23.6 Å². The van der Waals surface area contributed by atoms with Crippen molar-refractivity contribution >= 4 is 17.7 Å². The fraction of sp³-hybridized carbons (Fsp3) is 0.286. The first-order valence-corrected chi connectivity index (χ1v) is 7.37. The number of esters is 1. The number of benzene rings is 1. The minimum absolute atomic E-state index is 0.0400. The second kappa shape index (κ2) is 5.20. The van der Waals surface area contributed by atoms with Gasteiger partial charge in [0.05, 0.1) is 12.4 Å². The van der Waals surface area contributed by atoms with E-state index in [1.807, 2.05) is 30.3 Å². The number of carbonyl (C=O) groups excluding carboxylic acids is 1. The summed E-state index contributed by atoms with van der Waals surface area (Å²) in [5.41, 5.74) is 1.67. The Morgan fingerprint density at radius 2 is 2.25 bits per heavy atom. The van der Waals surface area contributed by atoms with Gasteiger partial charge in [-0.2, -0.15) is 0 Å². The van der Waals surface area contributed by atoms with Gasteiger partial charge in [0.15, 0.2) is 0 Å². The molecular weight excluding hydrogens is 278 g/mol. The molecule has 20 heavy (non-hydrogen) atoms. The van der Waals surface area contributed by atoms with Crippen molar-refractivity contribution in [3.63, 3.8) is 0 Å². The van der Waals surface area contributed by atoms with E-state index in [9.17, 15) is 9.90 Å². The third-order valence-electron chi connectivity index (χ3n) is 3.10. The van der Waals surface area contributed by atoms with E-state index in [2.05, 4.69) is 0 Å². The first kappa shape index (κ1) is 13.1. The number of aromatic nitrogens is 1. The lowest BCUT2D eigenvalue weighted by Crippen LogP contribution is -2.41. The highest BCUT2D eigenvalue weighted by molar-refractivity contribution is 7.98. The molecule has 0 saturated heterocycles. The van der Waals surface area contributed by atoms with Crippen LogP contribution in [0.4, 0.5) is 0 Å². The molecule has 0 saturated carbocycles. The summed E-state index contributed by atoms with van der Waals surface area (Å²) in [5.74, 6) is -0.136. The molecule has 3 rings (SSSR count). The van der Waals surface area contributed by atoms with Crippen molar-refractivity contribution in [2.45, 2.75) is 18.1 Å². The van der Waals surface area contributed by atoms with Crippen molar-refractivity contribution in [3.8, 4) is 5.95 Å². The molecule has 1 aliphatic rings. The van der Waals surface area contributed by atoms with E-state index in [0.29, 0.717) is 11.4 Å². The minimum atomic E-state index is -0.558. The van der Waals surface area contributed by atoms with Crippen LogP contribution in [0.1, 0.15) is 34.2 Å². The van der Waals surface area contributed by atoms with Gasteiger partial charge in [-0.25, -0.2) is 4.79 Å². The summed E-state index contributed by atoms with van der Waals surface area (Å²) >= 11 is 1.63. The average molecular weight is 292 g/mol. The van der Waals surface area contributed by atoms with E-state index >= 15 is 0 Å². The molecule has 0 spiro atoms. The summed E-state index contributed by atoms with van der Waals surface area (Å²) in [4.78, 5) is 11.9. The molecule has 2 heterocycles. The van der Waals surface area contributed by atoms with Gasteiger partial charge in [0.25, 0.3) is 5.69 Å². The van der Waals surface area contributed by atoms with Crippen molar-refractivity contribution in [2.24, 2.45) is 0 Å². The van der Waals surface area contributed by atoms with Gasteiger partial charge in [-0.15, -0.1) is 4.57 Å². The molecule has 1 aromatic carbocycles. The Morgan fingerprint density at radius 1 is 1.50 bits per heavy atom. The van der Waals surface area contributed by atoms with Gasteiger partial charge in [-0.1, -0.05) is 42.1 Å². The van der Waals surface area contributed by atoms with Gasteiger partial charge < -0.3 is 14.3 Å². The highest BCUT2D eigenvalue weighted by atomic mass is 32.2. The normalized spacial score (nSPS) is 16.9. The van der Waals surface area contributed by atoms with Crippen LogP contribution in [0.25, 0.3) is 0 Å². The van der Waals surface area contributed by atoms with Crippen LogP contribution in [-0.4, -0.2) is 17.7 Å². The molecule has 6 heteroatoms. The molecule has 0 unspecified atom stereocenters. The topological polar surface area (TPSA) is 63.6 Å². The smallest absolute Gasteiger partial charge is 0.465 e. The van der Waals surface area contributed by atoms with Crippen LogP contribution >= 0.6 is 11.8 Å². The number of hydrogen-bond acceptors (Lipinski definition) is 5. The summed E-state index contributed by atoms with van der Waals surface area (Å²) in [7, 11) is 0. The molecule has 5 nitrogen and oxygen atoms in total. The van der Waals surface area contributed by atoms with E-state index in [1.165, 1.54) is 0 Å². The number of hydrogen-bond donors (Lipinski definition) is 1. The molecule has 1 aliphatic heterocycles. The number of thioether (sulfide) groups is 1. The van der Waals surface area contributed by atoms with Crippen LogP contribution < -0.4 is 4.57 Å². The number of nitrogens with zero attached hydrogens (tertiary/aromatic N) is 1. The van der Waals surface area contributed by atoms with Crippen LogP contribution in [-0.2, 0) is 10.5 Å². The Hall–Kier alpha value is -1.95. The lowest BCUT2D eigenvalue weighted by atomic mass is 10.2. The van der Waals surface area contributed by atoms with E-state index in [0.717, 1.165) is 5.56 Å². The number of fused-ring (bicyclic) bond motifs is 1. The van der Waals surface area contributed by atoms with E-state index in [1.54, 1.807) is 23.3 Å². The van der Waals surface area contributed by atoms with Crippen molar-refractivity contribution in [3.05, 3.63) is 47.5 Å². The summed E-state index contributed by atoms with van der Waals surface area (Å²) in [5, 5.41) is 9.74. The number of oxazole rings is 1. The summed E-state index contributed by atoms with van der Waals surface area (Å²) in [6.07, 6.45) is 0. The lowest BCUT2D eigenvalue weighted by molar-refractivity contribution is -0.698. The second-order valence-corrected chi connectivity index (χ2v) is 5.39. The van der Waals surface area contributed by atoms with E-state index in [-0.39, 0.29) is 23.8 Å². The quantitative estimate of drug-likeness (QED) is 0.694. The highest BCUT2D eigenvalue weighted by Gasteiger charge is 2.45. The zero-order valence-corrected chi connectivity index (χ0v) is 11.7. The molecular formula is C14H14NO4S+. The summed E-state index contributed by atoms with van der Waals surface area (Å²) in [6, 6.07) is 9.79. The molecule has 0 bridgehead atoms. The van der Waals surface area contributed by atoms with Crippen LogP contribution in [0.2, 0.25) is 0 Å². The van der Waals surface area contributed by atoms with E-state index in [4.69, 9.17) is 9.15 Å². The first-order valence-electron chi connectivity index (χ1n) is 6.32. The Balaban J connectivity index is 2.05. The zero-order valence-electron chi connectivity index (χ0n) is 10.9. The summed E-state index contributed by atoms with van der Waals surface area (Å²) < 4.78 is 11.9. The number of ether oxygens (including phenoxy) is 1. The standard InChI is InChI=1S/C14H13NO4S/c1-2-18-14(17)11-15-10(13(16)19-11)8-20-12(15)9-6-4-3-5-7-9/h3-7,12H,2,8H2,1H3/p+1/t12-/m1/s1. The van der Waals surface area contributed by atoms with Crippen molar-refractivity contribution in [2.75, 3.05) is 6.61 Å². The first-order chi connectivity index (χ1) is 9.72. The largest absolute Gasteiger partial charge is 0.476 e. The fourth-order valence-corrected chi connectivity index (χ4v) is 3.53. The maximum atomic E-state index is 11.9. The van der Waals surface area contributed by atoms with Gasteiger partial charge in [-0.05, 0) is 6.92 Å². The molecule has 1 aromatic heterocycles. The SMILES string of the molecule is CCOC(=O)c1oc(O)c2[n+]1[C@@H](c1ccccc1)SC2. The van der Waals surface area contributed by atoms with Crippen molar-refractivity contribution in [1.82, 2.24) is 0 Å². The predicted octanol–water partition coefficient (Wildman–Crippen LogP) is 2.24. The van der Waals surface area contributed by atoms with Gasteiger partial charge in [0.1, 0.15) is 0 Å². The molecule has 0 fully saturated rings. The van der Waals surface area contributed by atoms with Crippen LogP contribution in [0, 0.1) is 0 Å². The molecule has 0 amide bonds. The molecule has 1 N–H and O–H groups in total. The Morgan fingerprint density at radius 3 is 2.95 bits per heavy atom. The predicted molar refractivity (Wildman–Crippen MR) is 72.4 cm³/mol. The van der Waals surface area contributed by atoms with Gasteiger partial charge in [0.2, 0.25) is 5.37 Å². The van der Waals surface area contributed by atoms with Crippen LogP contribution in [0.15, 0.2) is 34.7 Å². The second-order valence-electron chi connectivity index (χ2n) is 4.32. The monoisotopic (exact) mass is 292 g/mol. The molecule has 1 atom stereocenters. The Kier molecular flexibility index (Phi) is 3.40. The minimum Gasteiger partial charge on any atom is -0.476 e. The molecule has 0 radical (unpaired) electrons. The van der Waals surface area contributed by atoms with Gasteiger partial charge in [-0.3, -0.25) is 0 Å². The summed E-state index contributed by atoms with van der Waals surface area (Å²) in [6.45, 7) is 1.99. The maximum absolute atomic E-state index is 11.9. The van der Waals surface area contributed by atoms with E-state index < -0.39 is 5.97 Å². The number of carbonyl (C=O) groups is 1. The molecule has 2 aromatic rings. The van der Waals surface area contributed by atoms with Crippen molar-refractivity contribution in [1.29, 1.82) is 0 Å². The van der Waals surface area contributed by atoms with Gasteiger partial charge >= 0.3 is 17.8 Å². The third-order valence-corrected chi connectivity index (χ3v) is 4.34. The maximum Gasteiger partial charge on any atom is 0.465 e. The van der Waals surface area contributed by atoms with Gasteiger partial charge in [0, 0.05) is 5.56 Å². The number of rotatable bonds is 3. The average Bonchev–Trinajstić information content (AvgIpc) is 3.02. The van der Waals surface area contributed by atoms with Crippen LogP contribution in [0.3, 0.4) is 0 Å². The highest BCUT2D eigenvalue weighted by Crippen LogP contribution is 2.39. The molecule has 0 aliphatic carbocycles. The van der Waals surface area contributed by atoms with Crippen LogP contribution in [0.5, 0.6) is 5.95 Å².